The van der Waals surface area contributed by atoms with Crippen molar-refractivity contribution in [3.8, 4) is 0 Å². The number of likely N-dealkylation sites (tertiary alicyclic amines) is 1. The van der Waals surface area contributed by atoms with Gasteiger partial charge in [0.2, 0.25) is 5.91 Å². The minimum absolute atomic E-state index is 0.0317. The largest absolute Gasteiger partial charge is 0.466 e. The lowest BCUT2D eigenvalue weighted by Gasteiger charge is -2.26. The lowest BCUT2D eigenvalue weighted by molar-refractivity contribution is -0.153. The number of ether oxygens (including phenoxy) is 2. The van der Waals surface area contributed by atoms with E-state index in [1.165, 1.54) is 0 Å². The topological polar surface area (TPSA) is 55.8 Å². The van der Waals surface area contributed by atoms with Gasteiger partial charge in [0.1, 0.15) is 11.5 Å². The summed E-state index contributed by atoms with van der Waals surface area (Å²) in [5, 5.41) is 0. The van der Waals surface area contributed by atoms with E-state index in [1.807, 2.05) is 24.0 Å². The van der Waals surface area contributed by atoms with Crippen LogP contribution in [0.3, 0.4) is 0 Å². The van der Waals surface area contributed by atoms with Crippen LogP contribution in [0.1, 0.15) is 27.2 Å². The number of rotatable bonds is 4. The fourth-order valence-corrected chi connectivity index (χ4v) is 3.63. The van der Waals surface area contributed by atoms with Crippen LogP contribution >= 0.6 is 0 Å². The second-order valence-electron chi connectivity index (χ2n) is 5.88. The molecule has 0 saturated carbocycles. The summed E-state index contributed by atoms with van der Waals surface area (Å²) in [5.74, 6) is -1.18. The van der Waals surface area contributed by atoms with Gasteiger partial charge in [-0.05, 0) is 20.3 Å². The minimum Gasteiger partial charge on any atom is -0.466 e. The van der Waals surface area contributed by atoms with Crippen molar-refractivity contribution in [2.45, 2.75) is 44.9 Å². The molecule has 0 aliphatic carbocycles. The summed E-state index contributed by atoms with van der Waals surface area (Å²) in [4.78, 5) is 26.7. The number of hydrogen-bond donors (Lipinski definition) is 0. The van der Waals surface area contributed by atoms with E-state index in [0.29, 0.717) is 13.2 Å². The van der Waals surface area contributed by atoms with Gasteiger partial charge in [0.15, 0.2) is 0 Å². The Kier molecular flexibility index (Phi) is 3.12. The van der Waals surface area contributed by atoms with Crippen molar-refractivity contribution in [3.63, 3.8) is 0 Å². The van der Waals surface area contributed by atoms with Crippen molar-refractivity contribution in [2.24, 2.45) is 11.8 Å². The van der Waals surface area contributed by atoms with Crippen LogP contribution in [-0.2, 0) is 19.1 Å². The summed E-state index contributed by atoms with van der Waals surface area (Å²) < 4.78 is 11.1. The van der Waals surface area contributed by atoms with E-state index in [0.717, 1.165) is 6.42 Å². The number of amides is 1. The third kappa shape index (κ3) is 1.65. The molecular weight excluding hydrogens is 258 g/mol. The van der Waals surface area contributed by atoms with Crippen molar-refractivity contribution in [1.82, 2.24) is 4.90 Å². The van der Waals surface area contributed by atoms with Crippen molar-refractivity contribution in [1.29, 1.82) is 0 Å². The number of fused-ring (bicyclic) bond motifs is 1. The summed E-state index contributed by atoms with van der Waals surface area (Å²) in [7, 11) is 0. The van der Waals surface area contributed by atoms with E-state index in [2.05, 4.69) is 6.92 Å². The lowest BCUT2D eigenvalue weighted by atomic mass is 9.77. The molecule has 0 aromatic heterocycles. The fourth-order valence-electron chi connectivity index (χ4n) is 3.63. The van der Waals surface area contributed by atoms with E-state index in [9.17, 15) is 9.59 Å². The maximum absolute atomic E-state index is 12.7. The predicted octanol–water partition coefficient (Wildman–Crippen LogP) is 1.13. The van der Waals surface area contributed by atoms with Crippen LogP contribution in [-0.4, -0.2) is 47.7 Å². The first kappa shape index (κ1) is 13.6. The van der Waals surface area contributed by atoms with Gasteiger partial charge in [0, 0.05) is 6.04 Å². The molecular formula is C15H21NO4. The van der Waals surface area contributed by atoms with Gasteiger partial charge in [-0.25, -0.2) is 0 Å². The first-order valence-electron chi connectivity index (χ1n) is 7.38. The standard InChI is InChI=1S/C15H21NO4/c1-4-9(3)16-8-15-7-6-10(20-15)11(12(15)13(16)17)14(18)19-5-2/h6-7,9-12H,4-5,8H2,1-3H3/t9-,10+,11-,12+,15-/m0/s1. The van der Waals surface area contributed by atoms with Gasteiger partial charge in [-0.15, -0.1) is 0 Å². The van der Waals surface area contributed by atoms with E-state index in [1.54, 1.807) is 6.92 Å². The van der Waals surface area contributed by atoms with E-state index >= 15 is 0 Å². The number of hydrogen-bond acceptors (Lipinski definition) is 4. The molecule has 3 rings (SSSR count). The normalized spacial score (nSPS) is 39.2. The Hall–Kier alpha value is -1.36. The Bertz CT molecular complexity index is 474. The average molecular weight is 279 g/mol. The molecule has 0 radical (unpaired) electrons. The van der Waals surface area contributed by atoms with Crippen LogP contribution in [0.25, 0.3) is 0 Å². The van der Waals surface area contributed by atoms with Gasteiger partial charge in [0.05, 0.1) is 25.2 Å². The highest BCUT2D eigenvalue weighted by Crippen LogP contribution is 2.52. The van der Waals surface area contributed by atoms with Crippen LogP contribution in [0, 0.1) is 11.8 Å². The van der Waals surface area contributed by atoms with Crippen molar-refractivity contribution in [2.75, 3.05) is 13.2 Å². The highest BCUT2D eigenvalue weighted by Gasteiger charge is 2.67. The Balaban J connectivity index is 1.90. The zero-order chi connectivity index (χ0) is 14.5. The quantitative estimate of drug-likeness (QED) is 0.572. The Morgan fingerprint density at radius 3 is 3.00 bits per heavy atom. The zero-order valence-electron chi connectivity index (χ0n) is 12.2. The van der Waals surface area contributed by atoms with Crippen LogP contribution in [0.15, 0.2) is 12.2 Å². The number of carbonyl (C=O) groups excluding carboxylic acids is 2. The Morgan fingerprint density at radius 1 is 1.60 bits per heavy atom. The van der Waals surface area contributed by atoms with Gasteiger partial charge in [-0.2, -0.15) is 0 Å². The summed E-state index contributed by atoms with van der Waals surface area (Å²) in [6, 6.07) is 0.168. The smallest absolute Gasteiger partial charge is 0.312 e. The minimum atomic E-state index is -0.609. The highest BCUT2D eigenvalue weighted by atomic mass is 16.6. The average Bonchev–Trinajstić information content (AvgIpc) is 3.06. The van der Waals surface area contributed by atoms with E-state index in [4.69, 9.17) is 9.47 Å². The fraction of sp³-hybridized carbons (Fsp3) is 0.733. The molecule has 0 N–H and O–H groups in total. The summed E-state index contributed by atoms with van der Waals surface area (Å²) in [5.41, 5.74) is -0.609. The first-order valence-corrected chi connectivity index (χ1v) is 7.38. The van der Waals surface area contributed by atoms with Crippen LogP contribution in [0.5, 0.6) is 0 Å². The van der Waals surface area contributed by atoms with Crippen molar-refractivity contribution < 1.29 is 19.1 Å². The molecule has 3 aliphatic rings. The summed E-state index contributed by atoms with van der Waals surface area (Å²) >= 11 is 0. The molecule has 1 amide bonds. The molecule has 0 unspecified atom stereocenters. The maximum Gasteiger partial charge on any atom is 0.312 e. The molecule has 2 saturated heterocycles. The maximum atomic E-state index is 12.7. The lowest BCUT2D eigenvalue weighted by Crippen LogP contribution is -2.41. The summed E-state index contributed by atoms with van der Waals surface area (Å²) in [6.07, 6.45) is 4.47. The van der Waals surface area contributed by atoms with Crippen molar-refractivity contribution in [3.05, 3.63) is 12.2 Å². The molecule has 3 heterocycles. The molecule has 110 valence electrons. The van der Waals surface area contributed by atoms with Gasteiger partial charge in [-0.1, -0.05) is 19.1 Å². The predicted molar refractivity (Wildman–Crippen MR) is 71.8 cm³/mol. The van der Waals surface area contributed by atoms with Crippen LogP contribution < -0.4 is 0 Å². The molecule has 5 nitrogen and oxygen atoms in total. The number of esters is 1. The van der Waals surface area contributed by atoms with E-state index in [-0.39, 0.29) is 24.0 Å². The highest BCUT2D eigenvalue weighted by molar-refractivity contribution is 5.91. The third-order valence-corrected chi connectivity index (χ3v) is 4.81. The number of carbonyl (C=O) groups is 2. The van der Waals surface area contributed by atoms with Crippen LogP contribution in [0.2, 0.25) is 0 Å². The third-order valence-electron chi connectivity index (χ3n) is 4.81. The molecule has 5 atom stereocenters. The Labute approximate surface area is 118 Å². The molecule has 0 aromatic carbocycles. The first-order chi connectivity index (χ1) is 9.54. The number of nitrogens with zero attached hydrogens (tertiary/aromatic N) is 1. The van der Waals surface area contributed by atoms with Crippen LogP contribution in [0.4, 0.5) is 0 Å². The molecule has 20 heavy (non-hydrogen) atoms. The molecule has 0 aromatic rings. The zero-order valence-corrected chi connectivity index (χ0v) is 12.2. The second kappa shape index (κ2) is 4.58. The summed E-state index contributed by atoms with van der Waals surface area (Å²) in [6.45, 7) is 6.74. The van der Waals surface area contributed by atoms with Gasteiger partial charge >= 0.3 is 5.97 Å². The van der Waals surface area contributed by atoms with E-state index < -0.39 is 17.4 Å². The molecule has 5 heteroatoms. The molecule has 1 spiro atoms. The molecule has 3 aliphatic heterocycles. The van der Waals surface area contributed by atoms with Gasteiger partial charge in [0.25, 0.3) is 0 Å². The monoisotopic (exact) mass is 279 g/mol. The SMILES string of the molecule is CCOC(=O)[C@H]1[C@H]2C=C[C@@]3(CN([C@@H](C)CC)C(=O)[C@@H]13)O2. The van der Waals surface area contributed by atoms with Gasteiger partial charge < -0.3 is 14.4 Å². The molecule has 2 fully saturated rings. The second-order valence-corrected chi connectivity index (χ2v) is 5.88. The van der Waals surface area contributed by atoms with Crippen molar-refractivity contribution >= 4 is 11.9 Å². The van der Waals surface area contributed by atoms with Gasteiger partial charge in [-0.3, -0.25) is 9.59 Å². The molecule has 2 bridgehead atoms. The Morgan fingerprint density at radius 2 is 2.35 bits per heavy atom.